The molecule has 7 nitrogen and oxygen atoms in total. The predicted molar refractivity (Wildman–Crippen MR) is 141 cm³/mol. The Bertz CT molecular complexity index is 1260. The standard InChI is InChI=1S/C29H32N4O3/c1-20(2)36-27-8-7-22(15-23(27)16-30)26(17-31-3)32-13-10-21-5-4-6-25-24(21)9-11-29(25)12-14-33(19-29)28(35)18-34/h4-8,13,15,17,20,34H,3,9-12,14,18-19H2,1-2H3/b26-17-,32-13?. The van der Waals surface area contributed by atoms with Crippen LogP contribution in [-0.2, 0) is 23.1 Å². The minimum atomic E-state index is -0.432. The number of benzene rings is 2. The Kier molecular flexibility index (Phi) is 7.66. The zero-order valence-corrected chi connectivity index (χ0v) is 20.9. The normalized spacial score (nSPS) is 19.2. The molecular formula is C29H32N4O3. The second-order valence-electron chi connectivity index (χ2n) is 9.65. The molecule has 1 spiro atoms. The summed E-state index contributed by atoms with van der Waals surface area (Å²) in [6.45, 7) is 8.35. The average Bonchev–Trinajstić information content (AvgIpc) is 3.48. The van der Waals surface area contributed by atoms with Gasteiger partial charge in [0.25, 0.3) is 0 Å². The summed E-state index contributed by atoms with van der Waals surface area (Å²) in [5, 5.41) is 18.8. The number of aliphatic imine (C=N–C) groups is 2. The third-order valence-electron chi connectivity index (χ3n) is 7.05. The number of hydrogen-bond acceptors (Lipinski definition) is 6. The second kappa shape index (κ2) is 10.9. The molecule has 0 aromatic heterocycles. The van der Waals surface area contributed by atoms with Crippen LogP contribution in [0.15, 0.2) is 52.6 Å². The molecule has 0 radical (unpaired) electrons. The Morgan fingerprint density at radius 2 is 2.17 bits per heavy atom. The summed E-state index contributed by atoms with van der Waals surface area (Å²) in [7, 11) is 0. The molecule has 1 aliphatic carbocycles. The van der Waals surface area contributed by atoms with E-state index in [1.807, 2.05) is 26.1 Å². The summed E-state index contributed by atoms with van der Waals surface area (Å²) >= 11 is 0. The molecule has 2 aromatic carbocycles. The molecule has 7 heteroatoms. The number of rotatable bonds is 8. The zero-order chi connectivity index (χ0) is 25.7. The predicted octanol–water partition coefficient (Wildman–Crippen LogP) is 4.07. The van der Waals surface area contributed by atoms with E-state index in [-0.39, 0.29) is 17.4 Å². The van der Waals surface area contributed by atoms with Crippen LogP contribution >= 0.6 is 0 Å². The number of ether oxygens (including phenoxy) is 1. The summed E-state index contributed by atoms with van der Waals surface area (Å²) in [4.78, 5) is 22.4. The third kappa shape index (κ3) is 5.09. The van der Waals surface area contributed by atoms with Crippen molar-refractivity contribution in [3.63, 3.8) is 0 Å². The third-order valence-corrected chi connectivity index (χ3v) is 7.05. The van der Waals surface area contributed by atoms with E-state index in [1.54, 1.807) is 23.2 Å². The molecule has 2 aromatic rings. The smallest absolute Gasteiger partial charge is 0.248 e. The van der Waals surface area contributed by atoms with Crippen molar-refractivity contribution in [3.05, 3.63) is 70.4 Å². The number of aliphatic hydroxyl groups excluding tert-OH is 1. The fraction of sp³-hybridized carbons (Fsp3) is 0.379. The topological polar surface area (TPSA) is 98.3 Å². The highest BCUT2D eigenvalue weighted by Gasteiger charge is 2.45. The van der Waals surface area contributed by atoms with Crippen LogP contribution < -0.4 is 4.74 Å². The number of likely N-dealkylation sites (tertiary alicyclic amines) is 1. The summed E-state index contributed by atoms with van der Waals surface area (Å²) in [5.41, 5.74) is 5.71. The van der Waals surface area contributed by atoms with E-state index in [0.29, 0.717) is 36.5 Å². The molecule has 1 heterocycles. The van der Waals surface area contributed by atoms with Crippen molar-refractivity contribution in [1.29, 1.82) is 5.26 Å². The highest BCUT2D eigenvalue weighted by Crippen LogP contribution is 2.46. The molecule has 1 atom stereocenters. The van der Waals surface area contributed by atoms with E-state index in [4.69, 9.17) is 4.74 Å². The fourth-order valence-corrected chi connectivity index (χ4v) is 5.37. The van der Waals surface area contributed by atoms with Crippen molar-refractivity contribution in [3.8, 4) is 11.8 Å². The first-order valence-corrected chi connectivity index (χ1v) is 12.3. The van der Waals surface area contributed by atoms with Crippen LogP contribution in [0.4, 0.5) is 0 Å². The first-order valence-electron chi connectivity index (χ1n) is 12.3. The highest BCUT2D eigenvalue weighted by molar-refractivity contribution is 5.78. The fourth-order valence-electron chi connectivity index (χ4n) is 5.37. The number of hydrogen-bond donors (Lipinski definition) is 1. The number of nitrogens with zero attached hydrogens (tertiary/aromatic N) is 4. The van der Waals surface area contributed by atoms with Gasteiger partial charge in [0.05, 0.1) is 23.6 Å². The lowest BCUT2D eigenvalue weighted by Gasteiger charge is -2.25. The maximum Gasteiger partial charge on any atom is 0.248 e. The number of carbonyl (C=O) groups is 1. The molecule has 2 aliphatic rings. The second-order valence-corrected chi connectivity index (χ2v) is 9.65. The number of fused-ring (bicyclic) bond motifs is 2. The van der Waals surface area contributed by atoms with E-state index in [2.05, 4.69) is 41.0 Å². The van der Waals surface area contributed by atoms with E-state index in [1.165, 1.54) is 16.7 Å². The van der Waals surface area contributed by atoms with Crippen LogP contribution in [0.2, 0.25) is 0 Å². The highest BCUT2D eigenvalue weighted by atomic mass is 16.5. The molecule has 4 rings (SSSR count). The molecule has 1 amide bonds. The van der Waals surface area contributed by atoms with E-state index >= 15 is 0 Å². The van der Waals surface area contributed by atoms with Crippen molar-refractivity contribution in [1.82, 2.24) is 4.90 Å². The summed E-state index contributed by atoms with van der Waals surface area (Å²) in [6, 6.07) is 14.0. The largest absolute Gasteiger partial charge is 0.490 e. The van der Waals surface area contributed by atoms with Crippen molar-refractivity contribution in [2.75, 3.05) is 19.7 Å². The first kappa shape index (κ1) is 25.3. The lowest BCUT2D eigenvalue weighted by molar-refractivity contribution is -0.133. The van der Waals surface area contributed by atoms with Gasteiger partial charge in [-0.25, -0.2) is 0 Å². The van der Waals surface area contributed by atoms with E-state index in [9.17, 15) is 15.2 Å². The molecule has 1 saturated heterocycles. The Morgan fingerprint density at radius 3 is 2.89 bits per heavy atom. The zero-order valence-electron chi connectivity index (χ0n) is 20.9. The van der Waals surface area contributed by atoms with Gasteiger partial charge in [-0.1, -0.05) is 18.2 Å². The number of aliphatic hydroxyl groups is 1. The Morgan fingerprint density at radius 1 is 1.33 bits per heavy atom. The van der Waals surface area contributed by atoms with Crippen LogP contribution in [0, 0.1) is 11.3 Å². The number of nitriles is 1. The van der Waals surface area contributed by atoms with Gasteiger partial charge in [0.15, 0.2) is 0 Å². The van der Waals surface area contributed by atoms with Gasteiger partial charge in [-0.05, 0) is 74.7 Å². The maximum absolute atomic E-state index is 12.0. The van der Waals surface area contributed by atoms with E-state index in [0.717, 1.165) is 24.8 Å². The average molecular weight is 485 g/mol. The van der Waals surface area contributed by atoms with Crippen LogP contribution in [0.1, 0.15) is 54.5 Å². The minimum Gasteiger partial charge on any atom is -0.490 e. The van der Waals surface area contributed by atoms with Crippen LogP contribution in [0.25, 0.3) is 5.70 Å². The Labute approximate surface area is 212 Å². The lowest BCUT2D eigenvalue weighted by Crippen LogP contribution is -2.34. The maximum atomic E-state index is 12.0. The SMILES string of the molecule is C=N/C=C(\N=CCc1cccc2c1CCC21CCN(C(=O)CO)C1)c1ccc(OC(C)C)c(C#N)c1. The molecular weight excluding hydrogens is 452 g/mol. The summed E-state index contributed by atoms with van der Waals surface area (Å²) < 4.78 is 5.73. The number of carbonyl (C=O) groups excluding carboxylic acids is 1. The lowest BCUT2D eigenvalue weighted by atomic mass is 9.80. The van der Waals surface area contributed by atoms with Gasteiger partial charge in [0, 0.05) is 36.7 Å². The van der Waals surface area contributed by atoms with Crippen LogP contribution in [0.3, 0.4) is 0 Å². The van der Waals surface area contributed by atoms with Gasteiger partial charge in [0.2, 0.25) is 5.91 Å². The first-order chi connectivity index (χ1) is 17.4. The van der Waals surface area contributed by atoms with Gasteiger partial charge < -0.3 is 14.7 Å². The van der Waals surface area contributed by atoms with Crippen LogP contribution in [0.5, 0.6) is 5.75 Å². The molecule has 1 N–H and O–H groups in total. The minimum absolute atomic E-state index is 0.0152. The van der Waals surface area contributed by atoms with Crippen molar-refractivity contribution >= 4 is 24.5 Å². The van der Waals surface area contributed by atoms with Crippen molar-refractivity contribution in [2.24, 2.45) is 9.98 Å². The monoisotopic (exact) mass is 484 g/mol. The van der Waals surface area contributed by atoms with Gasteiger partial charge >= 0.3 is 0 Å². The van der Waals surface area contributed by atoms with E-state index < -0.39 is 6.61 Å². The molecule has 0 bridgehead atoms. The molecule has 1 fully saturated rings. The van der Waals surface area contributed by atoms with Crippen LogP contribution in [-0.4, -0.2) is 54.6 Å². The summed E-state index contributed by atoms with van der Waals surface area (Å²) in [6.07, 6.45) is 7.01. The number of amides is 1. The molecule has 1 unspecified atom stereocenters. The molecule has 1 aliphatic heterocycles. The summed E-state index contributed by atoms with van der Waals surface area (Å²) in [5.74, 6) is 0.355. The Balaban J connectivity index is 1.53. The molecule has 186 valence electrons. The van der Waals surface area contributed by atoms with Crippen molar-refractivity contribution in [2.45, 2.75) is 51.0 Å². The van der Waals surface area contributed by atoms with Gasteiger partial charge in [-0.2, -0.15) is 5.26 Å². The molecule has 0 saturated carbocycles. The van der Waals surface area contributed by atoms with Gasteiger partial charge in [-0.15, -0.1) is 0 Å². The van der Waals surface area contributed by atoms with Crippen molar-refractivity contribution < 1.29 is 14.6 Å². The molecule has 36 heavy (non-hydrogen) atoms. The van der Waals surface area contributed by atoms with Gasteiger partial charge in [-0.3, -0.25) is 14.8 Å². The Hall–Kier alpha value is -3.76. The van der Waals surface area contributed by atoms with Gasteiger partial charge in [0.1, 0.15) is 18.4 Å². The quantitative estimate of drug-likeness (QED) is 0.571.